The van der Waals surface area contributed by atoms with Crippen LogP contribution < -0.4 is 10.0 Å². The minimum absolute atomic E-state index is 0.0651. The van der Waals surface area contributed by atoms with Gasteiger partial charge < -0.3 is 5.32 Å². The van der Waals surface area contributed by atoms with Crippen LogP contribution in [0.2, 0.25) is 5.02 Å². The van der Waals surface area contributed by atoms with E-state index in [1.54, 1.807) is 6.07 Å². The largest absolute Gasteiger partial charge is 0.352 e. The first kappa shape index (κ1) is 21.3. The zero-order valence-electron chi connectivity index (χ0n) is 15.8. The number of nitrogens with one attached hydrogen (secondary N) is 2. The summed E-state index contributed by atoms with van der Waals surface area (Å²) in [5.41, 5.74) is 2.48. The van der Waals surface area contributed by atoms with Crippen LogP contribution in [0.3, 0.4) is 0 Å². The van der Waals surface area contributed by atoms with Crippen molar-refractivity contribution in [3.8, 4) is 0 Å². The maximum Gasteiger partial charge on any atom is 0.263 e. The molecule has 2 aromatic carbocycles. The van der Waals surface area contributed by atoms with Crippen LogP contribution >= 0.6 is 11.6 Å². The van der Waals surface area contributed by atoms with E-state index in [-0.39, 0.29) is 21.4 Å². The summed E-state index contributed by atoms with van der Waals surface area (Å²) >= 11 is 6.12. The van der Waals surface area contributed by atoms with Crippen LogP contribution in [0.25, 0.3) is 0 Å². The molecular formula is C20H25ClN2O3S. The molecule has 0 heterocycles. The van der Waals surface area contributed by atoms with Crippen LogP contribution in [0, 0.1) is 13.8 Å². The first-order chi connectivity index (χ1) is 12.7. The predicted octanol–water partition coefficient (Wildman–Crippen LogP) is 4.68. The summed E-state index contributed by atoms with van der Waals surface area (Å²) in [4.78, 5) is 12.2. The number of rotatable bonds is 8. The van der Waals surface area contributed by atoms with E-state index in [0.29, 0.717) is 12.2 Å². The molecule has 0 saturated carbocycles. The minimum atomic E-state index is -3.93. The highest BCUT2D eigenvalue weighted by Crippen LogP contribution is 2.26. The second-order valence-corrected chi connectivity index (χ2v) is 8.59. The van der Waals surface area contributed by atoms with Crippen molar-refractivity contribution in [2.24, 2.45) is 0 Å². The maximum atomic E-state index is 12.8. The van der Waals surface area contributed by atoms with Crippen LogP contribution in [-0.2, 0) is 10.0 Å². The lowest BCUT2D eigenvalue weighted by Crippen LogP contribution is -2.25. The molecule has 5 nitrogen and oxygen atoms in total. The molecule has 2 aromatic rings. The van der Waals surface area contributed by atoms with Gasteiger partial charge in [0.25, 0.3) is 15.9 Å². The number of halogens is 1. The number of benzene rings is 2. The van der Waals surface area contributed by atoms with E-state index in [0.717, 1.165) is 30.4 Å². The van der Waals surface area contributed by atoms with Gasteiger partial charge in [-0.05, 0) is 55.7 Å². The Kier molecular flexibility index (Phi) is 7.27. The van der Waals surface area contributed by atoms with Gasteiger partial charge in [-0.2, -0.15) is 0 Å². The molecule has 0 saturated heterocycles. The Morgan fingerprint density at radius 2 is 1.81 bits per heavy atom. The van der Waals surface area contributed by atoms with Crippen molar-refractivity contribution in [3.63, 3.8) is 0 Å². The molecule has 0 unspecified atom stereocenters. The van der Waals surface area contributed by atoms with E-state index < -0.39 is 10.0 Å². The molecule has 0 radical (unpaired) electrons. The first-order valence-corrected chi connectivity index (χ1v) is 10.8. The fourth-order valence-electron chi connectivity index (χ4n) is 2.58. The van der Waals surface area contributed by atoms with Crippen molar-refractivity contribution in [3.05, 3.63) is 58.1 Å². The van der Waals surface area contributed by atoms with E-state index in [4.69, 9.17) is 11.6 Å². The second-order valence-electron chi connectivity index (χ2n) is 6.53. The van der Waals surface area contributed by atoms with Crippen LogP contribution in [0.15, 0.2) is 41.3 Å². The van der Waals surface area contributed by atoms with Gasteiger partial charge in [0, 0.05) is 12.1 Å². The molecule has 0 aliphatic carbocycles. The number of carbonyl (C=O) groups excluding carboxylic acids is 1. The third kappa shape index (κ3) is 5.71. The van der Waals surface area contributed by atoms with E-state index in [1.807, 2.05) is 26.0 Å². The van der Waals surface area contributed by atoms with Gasteiger partial charge in [-0.15, -0.1) is 0 Å². The molecule has 0 spiro atoms. The van der Waals surface area contributed by atoms with Gasteiger partial charge in [-0.3, -0.25) is 9.52 Å². The number of hydrogen-bond donors (Lipinski definition) is 2. The molecule has 0 aromatic heterocycles. The standard InChI is InChI=1S/C20H25ClN2O3S/c1-4-5-6-11-22-20(24)16-9-10-17(21)19(13-16)27(25,26)23-18-12-14(2)7-8-15(18)3/h7-10,12-13,23H,4-6,11H2,1-3H3,(H,22,24). The molecule has 2 N–H and O–H groups in total. The van der Waals surface area contributed by atoms with Crippen molar-refractivity contribution in [2.75, 3.05) is 11.3 Å². The summed E-state index contributed by atoms with van der Waals surface area (Å²) < 4.78 is 28.2. The number of amides is 1. The highest BCUT2D eigenvalue weighted by molar-refractivity contribution is 7.92. The number of hydrogen-bond acceptors (Lipinski definition) is 3. The lowest BCUT2D eigenvalue weighted by atomic mass is 10.1. The van der Waals surface area contributed by atoms with Crippen LogP contribution in [0.1, 0.15) is 47.7 Å². The van der Waals surface area contributed by atoms with Gasteiger partial charge in [0.05, 0.1) is 10.7 Å². The molecule has 0 fully saturated rings. The Balaban J connectivity index is 2.26. The van der Waals surface area contributed by atoms with Gasteiger partial charge in [0.1, 0.15) is 4.90 Å². The van der Waals surface area contributed by atoms with Gasteiger partial charge in [-0.25, -0.2) is 8.42 Å². The highest BCUT2D eigenvalue weighted by atomic mass is 35.5. The van der Waals surface area contributed by atoms with Crippen LogP contribution in [0.4, 0.5) is 5.69 Å². The van der Waals surface area contributed by atoms with Crippen molar-refractivity contribution >= 4 is 33.2 Å². The van der Waals surface area contributed by atoms with Gasteiger partial charge in [-0.1, -0.05) is 43.5 Å². The molecule has 146 valence electrons. The van der Waals surface area contributed by atoms with Crippen molar-refractivity contribution in [2.45, 2.75) is 44.9 Å². The monoisotopic (exact) mass is 408 g/mol. The Labute approximate surface area is 166 Å². The number of carbonyl (C=O) groups is 1. The Morgan fingerprint density at radius 3 is 2.52 bits per heavy atom. The normalized spacial score (nSPS) is 11.3. The van der Waals surface area contributed by atoms with E-state index in [9.17, 15) is 13.2 Å². The topological polar surface area (TPSA) is 75.3 Å². The van der Waals surface area contributed by atoms with Crippen molar-refractivity contribution < 1.29 is 13.2 Å². The number of aryl methyl sites for hydroxylation is 2. The van der Waals surface area contributed by atoms with E-state index in [1.165, 1.54) is 18.2 Å². The molecule has 7 heteroatoms. The molecule has 0 bridgehead atoms. The molecule has 27 heavy (non-hydrogen) atoms. The number of anilines is 1. The zero-order valence-corrected chi connectivity index (χ0v) is 17.4. The fourth-order valence-corrected chi connectivity index (χ4v) is 4.22. The summed E-state index contributed by atoms with van der Waals surface area (Å²) in [6, 6.07) is 9.77. The summed E-state index contributed by atoms with van der Waals surface area (Å²) in [6.07, 6.45) is 2.97. The van der Waals surface area contributed by atoms with Gasteiger partial charge in [0.15, 0.2) is 0 Å². The average Bonchev–Trinajstić information content (AvgIpc) is 2.61. The first-order valence-electron chi connectivity index (χ1n) is 8.92. The summed E-state index contributed by atoms with van der Waals surface area (Å²) in [5.74, 6) is -0.314. The Hall–Kier alpha value is -2.05. The maximum absolute atomic E-state index is 12.8. The minimum Gasteiger partial charge on any atom is -0.352 e. The van der Waals surface area contributed by atoms with Crippen LogP contribution in [-0.4, -0.2) is 20.9 Å². The van der Waals surface area contributed by atoms with Gasteiger partial charge >= 0.3 is 0 Å². The molecule has 0 atom stereocenters. The lowest BCUT2D eigenvalue weighted by Gasteiger charge is -2.13. The summed E-state index contributed by atoms with van der Waals surface area (Å²) in [6.45, 7) is 6.34. The third-order valence-electron chi connectivity index (χ3n) is 4.19. The number of sulfonamides is 1. The third-order valence-corrected chi connectivity index (χ3v) is 6.03. The Morgan fingerprint density at radius 1 is 1.07 bits per heavy atom. The predicted molar refractivity (Wildman–Crippen MR) is 110 cm³/mol. The zero-order chi connectivity index (χ0) is 20.0. The quantitative estimate of drug-likeness (QED) is 0.623. The smallest absolute Gasteiger partial charge is 0.263 e. The average molecular weight is 409 g/mol. The molecule has 0 aliphatic rings. The van der Waals surface area contributed by atoms with Crippen molar-refractivity contribution in [1.82, 2.24) is 5.32 Å². The molecule has 1 amide bonds. The fraction of sp³-hybridized carbons (Fsp3) is 0.350. The van der Waals surface area contributed by atoms with Crippen LogP contribution in [0.5, 0.6) is 0 Å². The highest BCUT2D eigenvalue weighted by Gasteiger charge is 2.21. The summed E-state index contributed by atoms with van der Waals surface area (Å²) in [7, 11) is -3.93. The molecular weight excluding hydrogens is 384 g/mol. The SMILES string of the molecule is CCCCCNC(=O)c1ccc(Cl)c(S(=O)(=O)Nc2cc(C)ccc2C)c1. The summed E-state index contributed by atoms with van der Waals surface area (Å²) in [5, 5.41) is 2.87. The van der Waals surface area contributed by atoms with Crippen molar-refractivity contribution in [1.29, 1.82) is 0 Å². The van der Waals surface area contributed by atoms with E-state index in [2.05, 4.69) is 17.0 Å². The lowest BCUT2D eigenvalue weighted by molar-refractivity contribution is 0.0952. The molecule has 2 rings (SSSR count). The molecule has 0 aliphatic heterocycles. The van der Waals surface area contributed by atoms with E-state index >= 15 is 0 Å². The Bertz CT molecular complexity index is 927. The van der Waals surface area contributed by atoms with Gasteiger partial charge in [0.2, 0.25) is 0 Å². The second kappa shape index (κ2) is 9.24. The number of unbranched alkanes of at least 4 members (excludes halogenated alkanes) is 2.